The Kier molecular flexibility index (Phi) is 3.60. The first kappa shape index (κ1) is 13.6. The van der Waals surface area contributed by atoms with Gasteiger partial charge < -0.3 is 10.0 Å². The molecule has 0 aromatic carbocycles. The smallest absolute Gasteiger partial charge is 0.258 e. The van der Waals surface area contributed by atoms with E-state index in [1.54, 1.807) is 11.0 Å². The number of aromatic nitrogens is 1. The Labute approximate surface area is 113 Å². The molecule has 1 aliphatic heterocycles. The van der Waals surface area contributed by atoms with Gasteiger partial charge in [0.2, 0.25) is 0 Å². The van der Waals surface area contributed by atoms with E-state index in [1.807, 2.05) is 0 Å². The van der Waals surface area contributed by atoms with Gasteiger partial charge >= 0.3 is 0 Å². The highest BCUT2D eigenvalue weighted by Crippen LogP contribution is 2.30. The van der Waals surface area contributed by atoms with Gasteiger partial charge in [-0.2, -0.15) is 0 Å². The lowest BCUT2D eigenvalue weighted by Gasteiger charge is -2.32. The molecular weight excluding hydrogens is 240 g/mol. The number of carbonyl (C=O) groups is 1. The van der Waals surface area contributed by atoms with E-state index in [-0.39, 0.29) is 17.1 Å². The summed E-state index contributed by atoms with van der Waals surface area (Å²) in [6.07, 6.45) is 5.83. The molecule has 0 atom stereocenters. The second-order valence-corrected chi connectivity index (χ2v) is 5.87. The van der Waals surface area contributed by atoms with Gasteiger partial charge in [-0.1, -0.05) is 32.4 Å². The van der Waals surface area contributed by atoms with Crippen LogP contribution in [-0.2, 0) is 0 Å². The number of amides is 1. The van der Waals surface area contributed by atoms with E-state index in [0.717, 1.165) is 6.42 Å². The van der Waals surface area contributed by atoms with Crippen molar-refractivity contribution in [1.29, 1.82) is 0 Å². The maximum absolute atomic E-state index is 12.3. The molecule has 0 spiro atoms. The average molecular weight is 260 g/mol. The van der Waals surface area contributed by atoms with E-state index >= 15 is 0 Å². The first-order valence-electron chi connectivity index (χ1n) is 6.51. The molecule has 1 aliphatic rings. The van der Waals surface area contributed by atoms with Crippen LogP contribution >= 0.6 is 0 Å². The number of rotatable bonds is 1. The third-order valence-corrected chi connectivity index (χ3v) is 3.49. The molecular formula is C15H20N2O2. The Morgan fingerprint density at radius 1 is 1.42 bits per heavy atom. The predicted octanol–water partition coefficient (Wildman–Crippen LogP) is 2.61. The van der Waals surface area contributed by atoms with E-state index in [2.05, 4.69) is 31.8 Å². The van der Waals surface area contributed by atoms with Gasteiger partial charge in [-0.15, -0.1) is 0 Å². The molecule has 0 saturated heterocycles. The van der Waals surface area contributed by atoms with E-state index in [9.17, 15) is 9.90 Å². The number of nitrogens with zero attached hydrogens (tertiary/aromatic N) is 2. The highest BCUT2D eigenvalue weighted by Gasteiger charge is 2.25. The van der Waals surface area contributed by atoms with Crippen LogP contribution in [0.15, 0.2) is 30.1 Å². The van der Waals surface area contributed by atoms with Crippen molar-refractivity contribution in [3.8, 4) is 5.75 Å². The number of pyridine rings is 1. The van der Waals surface area contributed by atoms with Gasteiger partial charge in [-0.05, 0) is 17.9 Å². The third-order valence-electron chi connectivity index (χ3n) is 3.49. The minimum atomic E-state index is -0.135. The van der Waals surface area contributed by atoms with Gasteiger partial charge in [0.05, 0.1) is 11.8 Å². The molecule has 1 aromatic heterocycles. The Hall–Kier alpha value is -1.84. The van der Waals surface area contributed by atoms with Gasteiger partial charge in [0.1, 0.15) is 5.75 Å². The highest BCUT2D eigenvalue weighted by atomic mass is 16.3. The van der Waals surface area contributed by atoms with Crippen LogP contribution in [0.1, 0.15) is 37.6 Å². The predicted molar refractivity (Wildman–Crippen MR) is 74.0 cm³/mol. The minimum absolute atomic E-state index is 0.0573. The van der Waals surface area contributed by atoms with Gasteiger partial charge in [0.25, 0.3) is 5.91 Å². The van der Waals surface area contributed by atoms with Gasteiger partial charge in [-0.25, -0.2) is 0 Å². The molecule has 0 saturated carbocycles. The molecule has 0 fully saturated rings. The molecule has 102 valence electrons. The zero-order valence-electron chi connectivity index (χ0n) is 11.7. The maximum Gasteiger partial charge on any atom is 0.258 e. The lowest BCUT2D eigenvalue weighted by Crippen LogP contribution is -2.36. The van der Waals surface area contributed by atoms with E-state index in [0.29, 0.717) is 18.7 Å². The maximum atomic E-state index is 12.3. The fraction of sp³-hybridized carbons (Fsp3) is 0.467. The second kappa shape index (κ2) is 5.03. The van der Waals surface area contributed by atoms with E-state index < -0.39 is 0 Å². The standard InChI is InChI=1S/C15H20N2O2/c1-15(2,3)11-5-8-17(9-6-11)14(19)12-4-7-16-10-13(12)18/h4-5,7,10,18H,6,8-9H2,1-3H3. The summed E-state index contributed by atoms with van der Waals surface area (Å²) in [5, 5.41) is 9.67. The molecule has 0 radical (unpaired) electrons. The topological polar surface area (TPSA) is 53.4 Å². The number of carbonyl (C=O) groups excluding carboxylic acids is 1. The summed E-state index contributed by atoms with van der Waals surface area (Å²) in [4.78, 5) is 17.8. The molecule has 2 rings (SSSR count). The zero-order valence-corrected chi connectivity index (χ0v) is 11.7. The molecule has 1 N–H and O–H groups in total. The average Bonchev–Trinajstić information content (AvgIpc) is 2.38. The van der Waals surface area contributed by atoms with Crippen molar-refractivity contribution in [2.45, 2.75) is 27.2 Å². The molecule has 0 aliphatic carbocycles. The molecule has 2 heterocycles. The van der Waals surface area contributed by atoms with Gasteiger partial charge in [0, 0.05) is 19.3 Å². The van der Waals surface area contributed by atoms with Crippen LogP contribution in [0.4, 0.5) is 0 Å². The summed E-state index contributed by atoms with van der Waals surface area (Å²) < 4.78 is 0. The summed E-state index contributed by atoms with van der Waals surface area (Å²) in [6, 6.07) is 1.56. The largest absolute Gasteiger partial charge is 0.505 e. The molecule has 0 unspecified atom stereocenters. The molecule has 19 heavy (non-hydrogen) atoms. The van der Waals surface area contributed by atoms with Crippen molar-refractivity contribution in [3.63, 3.8) is 0 Å². The van der Waals surface area contributed by atoms with Crippen LogP contribution < -0.4 is 0 Å². The summed E-state index contributed by atoms with van der Waals surface area (Å²) in [5.74, 6) is -0.192. The SMILES string of the molecule is CC(C)(C)C1=CCN(C(=O)c2ccncc2O)CC1. The van der Waals surface area contributed by atoms with Crippen LogP contribution in [0.5, 0.6) is 5.75 Å². The Bertz CT molecular complexity index is 515. The Morgan fingerprint density at radius 3 is 2.68 bits per heavy atom. The highest BCUT2D eigenvalue weighted by molar-refractivity contribution is 5.96. The summed E-state index contributed by atoms with van der Waals surface area (Å²) in [7, 11) is 0. The molecule has 4 nitrogen and oxygen atoms in total. The lowest BCUT2D eigenvalue weighted by atomic mass is 9.83. The lowest BCUT2D eigenvalue weighted by molar-refractivity contribution is 0.0761. The van der Waals surface area contributed by atoms with Crippen molar-refractivity contribution in [3.05, 3.63) is 35.7 Å². The van der Waals surface area contributed by atoms with Crippen LogP contribution in [0.25, 0.3) is 0 Å². The third kappa shape index (κ3) is 2.95. The van der Waals surface area contributed by atoms with E-state index in [1.165, 1.54) is 18.0 Å². The number of hydrogen-bond donors (Lipinski definition) is 1. The van der Waals surface area contributed by atoms with Gasteiger partial charge in [-0.3, -0.25) is 9.78 Å². The Morgan fingerprint density at radius 2 is 2.16 bits per heavy atom. The monoisotopic (exact) mass is 260 g/mol. The zero-order chi connectivity index (χ0) is 14.0. The first-order chi connectivity index (χ1) is 8.89. The van der Waals surface area contributed by atoms with Crippen LogP contribution in [0, 0.1) is 5.41 Å². The summed E-state index contributed by atoms with van der Waals surface area (Å²) >= 11 is 0. The summed E-state index contributed by atoms with van der Waals surface area (Å²) in [6.45, 7) is 7.86. The second-order valence-electron chi connectivity index (χ2n) is 5.87. The van der Waals surface area contributed by atoms with Gasteiger partial charge in [0.15, 0.2) is 0 Å². The van der Waals surface area contributed by atoms with E-state index in [4.69, 9.17) is 0 Å². The molecule has 0 bridgehead atoms. The first-order valence-corrected chi connectivity index (χ1v) is 6.51. The Balaban J connectivity index is 2.13. The number of hydrogen-bond acceptors (Lipinski definition) is 3. The van der Waals surface area contributed by atoms with Crippen LogP contribution in [-0.4, -0.2) is 34.0 Å². The quantitative estimate of drug-likeness (QED) is 0.790. The summed E-state index contributed by atoms with van der Waals surface area (Å²) in [5.41, 5.74) is 1.87. The number of aromatic hydroxyl groups is 1. The van der Waals surface area contributed by atoms with Crippen molar-refractivity contribution >= 4 is 5.91 Å². The van der Waals surface area contributed by atoms with Crippen molar-refractivity contribution in [1.82, 2.24) is 9.88 Å². The van der Waals surface area contributed by atoms with Crippen molar-refractivity contribution in [2.24, 2.45) is 5.41 Å². The normalized spacial score (nSPS) is 16.2. The van der Waals surface area contributed by atoms with Crippen LogP contribution in [0.2, 0.25) is 0 Å². The molecule has 1 aromatic rings. The van der Waals surface area contributed by atoms with Crippen LogP contribution in [0.3, 0.4) is 0 Å². The molecule has 1 amide bonds. The fourth-order valence-electron chi connectivity index (χ4n) is 2.27. The van der Waals surface area contributed by atoms with Crippen molar-refractivity contribution in [2.75, 3.05) is 13.1 Å². The minimum Gasteiger partial charge on any atom is -0.505 e. The fourth-order valence-corrected chi connectivity index (χ4v) is 2.27. The van der Waals surface area contributed by atoms with Crippen molar-refractivity contribution < 1.29 is 9.90 Å². The molecule has 4 heteroatoms.